The zero-order valence-electron chi connectivity index (χ0n) is 19.7. The minimum absolute atomic E-state index is 0.0323. The molecule has 2 aliphatic rings. The average Bonchev–Trinajstić information content (AvgIpc) is 3.47. The smallest absolute Gasteiger partial charge is 0.270 e. The number of rotatable bonds is 5. The molecule has 2 aromatic heterocycles. The number of amides is 1. The van der Waals surface area contributed by atoms with Gasteiger partial charge in [-0.3, -0.25) is 14.2 Å². The Labute approximate surface area is 201 Å². The zero-order chi connectivity index (χ0) is 24.5. The largest absolute Gasteiger partial charge is 0.471 e. The normalized spacial score (nSPS) is 20.8. The van der Waals surface area contributed by atoms with E-state index in [4.69, 9.17) is 4.74 Å². The molecule has 34 heavy (non-hydrogen) atoms. The third-order valence-corrected chi connectivity index (χ3v) is 6.88. The molecule has 2 atom stereocenters. The van der Waals surface area contributed by atoms with Crippen LogP contribution in [0.3, 0.4) is 0 Å². The highest BCUT2D eigenvalue weighted by Gasteiger charge is 2.36. The zero-order valence-corrected chi connectivity index (χ0v) is 20.5. The number of nitrogens with one attached hydrogen (secondary N) is 2. The van der Waals surface area contributed by atoms with E-state index in [0.29, 0.717) is 38.8 Å². The fraction of sp³-hybridized carbons (Fsp3) is 0.458. The summed E-state index contributed by atoms with van der Waals surface area (Å²) in [6.45, 7) is 7.75. The first kappa shape index (κ1) is 23.7. The average molecular weight is 481 g/mol. The summed E-state index contributed by atoms with van der Waals surface area (Å²) in [7, 11) is 0. The number of carbonyl (C=O) groups is 1. The summed E-state index contributed by atoms with van der Waals surface area (Å²) in [5.74, 6) is 1.09. The first-order valence-electron chi connectivity index (χ1n) is 11.4. The fourth-order valence-corrected chi connectivity index (χ4v) is 4.93. The molecule has 0 bridgehead atoms. The van der Waals surface area contributed by atoms with Crippen molar-refractivity contribution in [2.45, 2.75) is 65.6 Å². The lowest BCUT2D eigenvalue weighted by Gasteiger charge is -2.17. The van der Waals surface area contributed by atoms with Gasteiger partial charge in [-0.1, -0.05) is 26.8 Å². The van der Waals surface area contributed by atoms with Crippen LogP contribution in [-0.4, -0.2) is 33.5 Å². The first-order chi connectivity index (χ1) is 16.2. The Morgan fingerprint density at radius 1 is 1.35 bits per heavy atom. The number of hydrogen-bond acceptors (Lipinski definition) is 8. The molecule has 4 rings (SSSR count). The van der Waals surface area contributed by atoms with Gasteiger partial charge in [-0.15, -0.1) is 11.3 Å². The highest BCUT2D eigenvalue weighted by molar-refractivity contribution is 7.07. The summed E-state index contributed by atoms with van der Waals surface area (Å²) in [5.41, 5.74) is -0.460. The van der Waals surface area contributed by atoms with Gasteiger partial charge in [0.15, 0.2) is 0 Å². The molecule has 1 amide bonds. The maximum absolute atomic E-state index is 13.0. The van der Waals surface area contributed by atoms with Gasteiger partial charge < -0.3 is 15.4 Å². The van der Waals surface area contributed by atoms with E-state index in [-0.39, 0.29) is 23.6 Å². The van der Waals surface area contributed by atoms with Crippen molar-refractivity contribution < 1.29 is 9.53 Å². The Balaban J connectivity index is 1.66. The molecule has 0 unspecified atom stereocenters. The van der Waals surface area contributed by atoms with E-state index in [1.807, 2.05) is 27.7 Å². The number of fused-ring (bicyclic) bond motifs is 1. The van der Waals surface area contributed by atoms with Gasteiger partial charge in [0, 0.05) is 18.2 Å². The maximum Gasteiger partial charge on any atom is 0.270 e. The van der Waals surface area contributed by atoms with Crippen LogP contribution in [0.5, 0.6) is 0 Å². The van der Waals surface area contributed by atoms with E-state index >= 15 is 0 Å². The van der Waals surface area contributed by atoms with Crippen molar-refractivity contribution in [3.63, 3.8) is 0 Å². The SMILES string of the molecule is CCn1c(=C(C#N)C2=N[C@H]3CCC[C@H]3O2)sc(=CNc2cccc(NC(=O)C(C)(C)C)n2)c1=O. The van der Waals surface area contributed by atoms with Crippen molar-refractivity contribution in [2.75, 3.05) is 10.6 Å². The highest BCUT2D eigenvalue weighted by atomic mass is 32.1. The van der Waals surface area contributed by atoms with Crippen molar-refractivity contribution in [3.8, 4) is 6.07 Å². The molecule has 1 saturated carbocycles. The van der Waals surface area contributed by atoms with Crippen LogP contribution in [0.2, 0.25) is 0 Å². The summed E-state index contributed by atoms with van der Waals surface area (Å²) in [6, 6.07) is 7.51. The Kier molecular flexibility index (Phi) is 6.57. The summed E-state index contributed by atoms with van der Waals surface area (Å²) in [5, 5.41) is 15.7. The number of ether oxygens (including phenoxy) is 1. The van der Waals surface area contributed by atoms with Crippen LogP contribution in [0.15, 0.2) is 28.0 Å². The van der Waals surface area contributed by atoms with E-state index < -0.39 is 5.41 Å². The van der Waals surface area contributed by atoms with Crippen LogP contribution in [-0.2, 0) is 16.1 Å². The molecule has 1 aliphatic carbocycles. The third kappa shape index (κ3) is 4.75. The van der Waals surface area contributed by atoms with Gasteiger partial charge >= 0.3 is 0 Å². The molecule has 0 spiro atoms. The van der Waals surface area contributed by atoms with Crippen molar-refractivity contribution in [3.05, 3.63) is 37.7 Å². The second-order valence-electron chi connectivity index (χ2n) is 9.30. The number of nitrogens with zero attached hydrogens (tertiary/aromatic N) is 4. The number of carbonyl (C=O) groups excluding carboxylic acids is 1. The van der Waals surface area contributed by atoms with Crippen LogP contribution in [0.25, 0.3) is 11.8 Å². The number of aliphatic imine (C=N–C) groups is 1. The second-order valence-corrected chi connectivity index (χ2v) is 10.3. The monoisotopic (exact) mass is 480 g/mol. The summed E-state index contributed by atoms with van der Waals surface area (Å²) >= 11 is 1.21. The van der Waals surface area contributed by atoms with E-state index in [1.165, 1.54) is 11.3 Å². The lowest BCUT2D eigenvalue weighted by atomic mass is 9.96. The molecule has 0 radical (unpaired) electrons. The minimum Gasteiger partial charge on any atom is -0.471 e. The standard InChI is InChI=1S/C24H28N6O3S/c1-5-30-21(31)17(13-26-18-10-7-11-19(28-18)29-23(32)24(2,3)4)34-22(30)14(12-25)20-27-15-8-6-9-16(15)33-20/h7,10-11,13,15-16H,5-6,8-9H2,1-4H3,(H2,26,28,29,32)/t15-,16+/m0/s1. The van der Waals surface area contributed by atoms with Gasteiger partial charge in [-0.05, 0) is 38.3 Å². The van der Waals surface area contributed by atoms with E-state index in [1.54, 1.807) is 29.0 Å². The van der Waals surface area contributed by atoms with Gasteiger partial charge in [0.1, 0.15) is 38.6 Å². The maximum atomic E-state index is 13.0. The Hall–Kier alpha value is -3.45. The van der Waals surface area contributed by atoms with Gasteiger partial charge in [-0.2, -0.15) is 5.26 Å². The molecular weight excluding hydrogens is 452 g/mol. The number of anilines is 2. The number of aromatic nitrogens is 2. The lowest BCUT2D eigenvalue weighted by Crippen LogP contribution is -2.32. The van der Waals surface area contributed by atoms with Gasteiger partial charge in [-0.25, -0.2) is 9.98 Å². The summed E-state index contributed by atoms with van der Waals surface area (Å²) < 4.78 is 8.46. The lowest BCUT2D eigenvalue weighted by molar-refractivity contribution is -0.123. The Morgan fingerprint density at radius 2 is 2.12 bits per heavy atom. The van der Waals surface area contributed by atoms with Crippen LogP contribution in [0, 0.1) is 16.7 Å². The summed E-state index contributed by atoms with van der Waals surface area (Å²) in [4.78, 5) is 34.3. The molecule has 0 saturated heterocycles. The number of pyridine rings is 1. The van der Waals surface area contributed by atoms with E-state index in [0.717, 1.165) is 19.3 Å². The van der Waals surface area contributed by atoms with Gasteiger partial charge in [0.25, 0.3) is 5.56 Å². The Bertz CT molecular complexity index is 1360. The highest BCUT2D eigenvalue weighted by Crippen LogP contribution is 2.31. The van der Waals surface area contributed by atoms with Crippen LogP contribution in [0.1, 0.15) is 47.0 Å². The first-order valence-corrected chi connectivity index (χ1v) is 12.2. The predicted octanol–water partition coefficient (Wildman–Crippen LogP) is 2.18. The van der Waals surface area contributed by atoms with Crippen LogP contribution in [0.4, 0.5) is 11.6 Å². The van der Waals surface area contributed by atoms with Gasteiger partial charge in [0.05, 0.1) is 6.04 Å². The quantitative estimate of drug-likeness (QED) is 0.677. The molecule has 3 heterocycles. The van der Waals surface area contributed by atoms with Crippen molar-refractivity contribution >= 4 is 46.6 Å². The molecule has 1 fully saturated rings. The van der Waals surface area contributed by atoms with Crippen molar-refractivity contribution in [1.29, 1.82) is 5.26 Å². The van der Waals surface area contributed by atoms with Crippen molar-refractivity contribution in [2.24, 2.45) is 10.4 Å². The van der Waals surface area contributed by atoms with Crippen LogP contribution < -0.4 is 25.4 Å². The third-order valence-electron chi connectivity index (χ3n) is 5.75. The Morgan fingerprint density at radius 3 is 2.79 bits per heavy atom. The molecule has 2 N–H and O–H groups in total. The minimum atomic E-state index is -0.545. The molecule has 1 aliphatic heterocycles. The van der Waals surface area contributed by atoms with E-state index in [9.17, 15) is 14.9 Å². The molecule has 9 nitrogen and oxygen atoms in total. The summed E-state index contributed by atoms with van der Waals surface area (Å²) in [6.07, 6.45) is 4.58. The topological polar surface area (TPSA) is 121 Å². The predicted molar refractivity (Wildman–Crippen MR) is 133 cm³/mol. The molecule has 10 heteroatoms. The molecule has 2 aromatic rings. The fourth-order valence-electron chi connectivity index (χ4n) is 3.85. The number of nitriles is 1. The van der Waals surface area contributed by atoms with Crippen molar-refractivity contribution in [1.82, 2.24) is 9.55 Å². The van der Waals surface area contributed by atoms with Crippen LogP contribution >= 0.6 is 11.3 Å². The molecular formula is C24H28N6O3S. The molecule has 178 valence electrons. The number of thiazole rings is 1. The van der Waals surface area contributed by atoms with Gasteiger partial charge in [0.2, 0.25) is 11.8 Å². The second kappa shape index (κ2) is 9.43. The molecule has 0 aromatic carbocycles. The van der Waals surface area contributed by atoms with E-state index in [2.05, 4.69) is 26.7 Å². The number of hydrogen-bond donors (Lipinski definition) is 2.